The Morgan fingerprint density at radius 3 is 2.04 bits per heavy atom. The van der Waals surface area contributed by atoms with E-state index in [4.69, 9.17) is 0 Å². The second-order valence-electron chi connectivity index (χ2n) is 9.40. The van der Waals surface area contributed by atoms with E-state index in [0.29, 0.717) is 6.42 Å². The Morgan fingerprint density at radius 1 is 0.958 bits per heavy atom. The Morgan fingerprint density at radius 2 is 1.54 bits per heavy atom. The van der Waals surface area contributed by atoms with Crippen molar-refractivity contribution in [1.82, 2.24) is 0 Å². The lowest BCUT2D eigenvalue weighted by molar-refractivity contribution is -0.130. The summed E-state index contributed by atoms with van der Waals surface area (Å²) in [6, 6.07) is 0. The van der Waals surface area contributed by atoms with Crippen molar-refractivity contribution in [2.45, 2.75) is 61.8 Å². The molecule has 1 unspecified atom stereocenters. The quantitative estimate of drug-likeness (QED) is 0.600. The molecule has 2 aliphatic rings. The largest absolute Gasteiger partial charge is 0.294 e. The third-order valence-corrected chi connectivity index (χ3v) is 5.61. The molecule has 0 aromatic carbocycles. The third kappa shape index (κ3) is 3.11. The highest BCUT2D eigenvalue weighted by molar-refractivity contribution is 6.07. The first-order valence-electron chi connectivity index (χ1n) is 8.68. The van der Waals surface area contributed by atoms with E-state index in [1.165, 1.54) is 0 Å². The molecule has 0 saturated carbocycles. The maximum absolute atomic E-state index is 12.8. The maximum Gasteiger partial charge on any atom is 0.182 e. The summed E-state index contributed by atoms with van der Waals surface area (Å²) in [6.45, 7) is 16.5. The van der Waals surface area contributed by atoms with Gasteiger partial charge in [0.2, 0.25) is 0 Å². The van der Waals surface area contributed by atoms with Crippen LogP contribution in [-0.2, 0) is 9.59 Å². The van der Waals surface area contributed by atoms with Gasteiger partial charge in [-0.1, -0.05) is 60.6 Å². The van der Waals surface area contributed by atoms with Crippen molar-refractivity contribution in [3.63, 3.8) is 0 Å². The number of carbonyl (C=O) groups is 2. The Labute approximate surface area is 146 Å². The molecule has 2 heteroatoms. The fraction of sp³-hybridized carbons (Fsp3) is 0.545. The SMILES string of the molecule is CC1=CC(=C2C=CC(=O)C(C(C)(C)C)=C2)CC(C)(C(C)(C)C)C1=O. The molecule has 2 aliphatic carbocycles. The normalized spacial score (nSPS) is 28.8. The van der Waals surface area contributed by atoms with Crippen molar-refractivity contribution < 1.29 is 9.59 Å². The zero-order chi connectivity index (χ0) is 18.5. The number of hydrogen-bond donors (Lipinski definition) is 0. The zero-order valence-corrected chi connectivity index (χ0v) is 16.3. The molecule has 0 aliphatic heterocycles. The monoisotopic (exact) mass is 326 g/mol. The number of rotatable bonds is 0. The van der Waals surface area contributed by atoms with Gasteiger partial charge in [-0.25, -0.2) is 0 Å². The number of carbonyl (C=O) groups excluding carboxylic acids is 2. The number of allylic oxidation sites excluding steroid dienone is 8. The van der Waals surface area contributed by atoms with Gasteiger partial charge in [0, 0.05) is 11.0 Å². The molecule has 0 radical (unpaired) electrons. The van der Waals surface area contributed by atoms with Crippen LogP contribution < -0.4 is 0 Å². The van der Waals surface area contributed by atoms with E-state index in [1.807, 2.05) is 25.2 Å². The highest BCUT2D eigenvalue weighted by atomic mass is 16.1. The summed E-state index contributed by atoms with van der Waals surface area (Å²) in [5.74, 6) is 0.313. The molecule has 0 amide bonds. The molecule has 130 valence electrons. The third-order valence-electron chi connectivity index (χ3n) is 5.61. The van der Waals surface area contributed by atoms with E-state index in [-0.39, 0.29) is 22.4 Å². The van der Waals surface area contributed by atoms with E-state index in [2.05, 4.69) is 48.5 Å². The molecule has 0 bridgehead atoms. The van der Waals surface area contributed by atoms with Crippen LogP contribution in [0.1, 0.15) is 61.8 Å². The molecule has 0 aromatic rings. The predicted molar refractivity (Wildman–Crippen MR) is 99.7 cm³/mol. The van der Waals surface area contributed by atoms with Crippen molar-refractivity contribution >= 4 is 11.6 Å². The van der Waals surface area contributed by atoms with E-state index in [1.54, 1.807) is 6.08 Å². The summed E-state index contributed by atoms with van der Waals surface area (Å²) in [5, 5.41) is 0. The van der Waals surface area contributed by atoms with Crippen LogP contribution in [0.5, 0.6) is 0 Å². The van der Waals surface area contributed by atoms with Gasteiger partial charge >= 0.3 is 0 Å². The minimum atomic E-state index is -0.431. The molecular weight excluding hydrogens is 296 g/mol. The average molecular weight is 326 g/mol. The van der Waals surface area contributed by atoms with Crippen molar-refractivity contribution in [3.05, 3.63) is 46.6 Å². The number of ketones is 2. The minimum Gasteiger partial charge on any atom is -0.294 e. The Hall–Kier alpha value is -1.70. The van der Waals surface area contributed by atoms with E-state index in [9.17, 15) is 9.59 Å². The molecule has 0 heterocycles. The van der Waals surface area contributed by atoms with Crippen LogP contribution in [0.3, 0.4) is 0 Å². The van der Waals surface area contributed by atoms with Gasteiger partial charge in [-0.15, -0.1) is 0 Å². The van der Waals surface area contributed by atoms with E-state index < -0.39 is 5.41 Å². The number of Topliss-reactive ketones (excluding diaryl/α,β-unsaturated/α-hetero) is 1. The summed E-state index contributed by atoms with van der Waals surface area (Å²) < 4.78 is 0. The van der Waals surface area contributed by atoms with Gasteiger partial charge in [0.05, 0.1) is 0 Å². The van der Waals surface area contributed by atoms with Crippen molar-refractivity contribution in [1.29, 1.82) is 0 Å². The number of hydrogen-bond acceptors (Lipinski definition) is 2. The molecule has 0 aromatic heterocycles. The van der Waals surface area contributed by atoms with Crippen LogP contribution in [0, 0.1) is 16.2 Å². The molecule has 0 N–H and O–H groups in total. The van der Waals surface area contributed by atoms with Gasteiger partial charge in [0.1, 0.15) is 0 Å². The molecular formula is C22H30O2. The highest BCUT2D eigenvalue weighted by Gasteiger charge is 2.46. The van der Waals surface area contributed by atoms with Crippen molar-refractivity contribution in [2.24, 2.45) is 16.2 Å². The molecule has 1 atom stereocenters. The summed E-state index contributed by atoms with van der Waals surface area (Å²) in [4.78, 5) is 25.0. The summed E-state index contributed by atoms with van der Waals surface area (Å²) in [6.07, 6.45) is 8.28. The Bertz CT molecular complexity index is 712. The van der Waals surface area contributed by atoms with Crippen LogP contribution in [0.4, 0.5) is 0 Å². The fourth-order valence-electron chi connectivity index (χ4n) is 3.38. The van der Waals surface area contributed by atoms with Gasteiger partial charge in [0.15, 0.2) is 11.6 Å². The summed E-state index contributed by atoms with van der Waals surface area (Å²) in [5.41, 5.74) is 3.08. The second kappa shape index (κ2) is 5.68. The zero-order valence-electron chi connectivity index (χ0n) is 16.3. The maximum atomic E-state index is 12.8. The lowest BCUT2D eigenvalue weighted by atomic mass is 9.58. The van der Waals surface area contributed by atoms with E-state index in [0.717, 1.165) is 22.3 Å². The van der Waals surface area contributed by atoms with E-state index >= 15 is 0 Å². The average Bonchev–Trinajstić information content (AvgIpc) is 2.42. The lowest BCUT2D eigenvalue weighted by Gasteiger charge is -2.44. The molecule has 0 saturated heterocycles. The van der Waals surface area contributed by atoms with Gasteiger partial charge in [0.25, 0.3) is 0 Å². The van der Waals surface area contributed by atoms with Gasteiger partial charge in [-0.05, 0) is 53.0 Å². The van der Waals surface area contributed by atoms with Crippen LogP contribution in [0.25, 0.3) is 0 Å². The standard InChI is InChI=1S/C22H30O2/c1-14-11-16(13-22(8,19(14)24)21(5,6)7)15-9-10-18(23)17(12-15)20(2,3)4/h9-12H,13H2,1-8H3. The minimum absolute atomic E-state index is 0.0815. The molecule has 2 nitrogen and oxygen atoms in total. The smallest absolute Gasteiger partial charge is 0.182 e. The molecule has 24 heavy (non-hydrogen) atoms. The summed E-state index contributed by atoms with van der Waals surface area (Å²) in [7, 11) is 0. The van der Waals surface area contributed by atoms with Crippen molar-refractivity contribution in [3.8, 4) is 0 Å². The highest BCUT2D eigenvalue weighted by Crippen LogP contribution is 2.49. The first-order chi connectivity index (χ1) is 10.8. The summed E-state index contributed by atoms with van der Waals surface area (Å²) >= 11 is 0. The Balaban J connectivity index is 2.61. The van der Waals surface area contributed by atoms with Crippen LogP contribution in [0.15, 0.2) is 46.6 Å². The van der Waals surface area contributed by atoms with Crippen LogP contribution >= 0.6 is 0 Å². The van der Waals surface area contributed by atoms with Gasteiger partial charge in [-0.3, -0.25) is 9.59 Å². The van der Waals surface area contributed by atoms with Gasteiger partial charge in [-0.2, -0.15) is 0 Å². The van der Waals surface area contributed by atoms with Crippen LogP contribution in [0.2, 0.25) is 0 Å². The molecule has 2 rings (SSSR count). The first kappa shape index (κ1) is 18.6. The molecule has 0 fully saturated rings. The topological polar surface area (TPSA) is 34.1 Å². The van der Waals surface area contributed by atoms with Crippen LogP contribution in [-0.4, -0.2) is 11.6 Å². The van der Waals surface area contributed by atoms with Gasteiger partial charge < -0.3 is 0 Å². The lowest BCUT2D eigenvalue weighted by Crippen LogP contribution is -2.43. The van der Waals surface area contributed by atoms with Crippen molar-refractivity contribution in [2.75, 3.05) is 0 Å². The molecule has 0 spiro atoms. The predicted octanol–water partition coefficient (Wildman–Crippen LogP) is 5.37. The second-order valence-corrected chi connectivity index (χ2v) is 9.40. The Kier molecular flexibility index (Phi) is 4.41. The fourth-order valence-corrected chi connectivity index (χ4v) is 3.38. The first-order valence-corrected chi connectivity index (χ1v) is 8.68.